The van der Waals surface area contributed by atoms with Crippen LogP contribution in [0.3, 0.4) is 0 Å². The molecule has 0 saturated carbocycles. The Morgan fingerprint density at radius 3 is 2.57 bits per heavy atom. The number of ether oxygens (including phenoxy) is 2. The first kappa shape index (κ1) is 25.9. The molecule has 2 aliphatic rings. The molecular formula is C20H42IN5O2. The van der Waals surface area contributed by atoms with Gasteiger partial charge in [0.05, 0.1) is 6.54 Å². The molecule has 1 atom stereocenters. The molecule has 0 amide bonds. The molecule has 2 fully saturated rings. The number of likely N-dealkylation sites (N-methyl/N-ethyl adjacent to an activating group) is 1. The van der Waals surface area contributed by atoms with Crippen molar-refractivity contribution in [2.45, 2.75) is 39.2 Å². The summed E-state index contributed by atoms with van der Waals surface area (Å²) in [4.78, 5) is 9.71. The highest BCUT2D eigenvalue weighted by molar-refractivity contribution is 14.0. The van der Waals surface area contributed by atoms with Crippen LogP contribution in [0.15, 0.2) is 4.99 Å². The van der Waals surface area contributed by atoms with Gasteiger partial charge in [-0.15, -0.1) is 24.0 Å². The Bertz CT molecular complexity index is 413. The minimum absolute atomic E-state index is 0. The summed E-state index contributed by atoms with van der Waals surface area (Å²) >= 11 is 0. The van der Waals surface area contributed by atoms with Gasteiger partial charge in [-0.2, -0.15) is 0 Å². The van der Waals surface area contributed by atoms with Gasteiger partial charge >= 0.3 is 0 Å². The molecule has 0 aromatic carbocycles. The Morgan fingerprint density at radius 1 is 1.18 bits per heavy atom. The van der Waals surface area contributed by atoms with Crippen LogP contribution in [-0.2, 0) is 9.47 Å². The molecule has 0 radical (unpaired) electrons. The van der Waals surface area contributed by atoms with Crippen LogP contribution >= 0.6 is 24.0 Å². The van der Waals surface area contributed by atoms with Crippen molar-refractivity contribution in [2.75, 3.05) is 79.3 Å². The number of hydrogen-bond acceptors (Lipinski definition) is 5. The van der Waals surface area contributed by atoms with Crippen LogP contribution in [0.2, 0.25) is 0 Å². The predicted octanol–water partition coefficient (Wildman–Crippen LogP) is 1.63. The highest BCUT2D eigenvalue weighted by atomic mass is 127. The van der Waals surface area contributed by atoms with Crippen molar-refractivity contribution in [1.82, 2.24) is 20.4 Å². The lowest BCUT2D eigenvalue weighted by Crippen LogP contribution is -2.49. The summed E-state index contributed by atoms with van der Waals surface area (Å²) in [5.41, 5.74) is 0. The number of nitrogens with zero attached hydrogens (tertiary/aromatic N) is 3. The smallest absolute Gasteiger partial charge is 0.191 e. The number of piperazine rings is 1. The maximum atomic E-state index is 5.83. The van der Waals surface area contributed by atoms with Crippen molar-refractivity contribution in [2.24, 2.45) is 10.9 Å². The Balaban J connectivity index is 0.00000392. The van der Waals surface area contributed by atoms with E-state index in [1.807, 2.05) is 0 Å². The molecule has 2 aliphatic heterocycles. The van der Waals surface area contributed by atoms with E-state index < -0.39 is 0 Å². The molecule has 0 bridgehead atoms. The summed E-state index contributed by atoms with van der Waals surface area (Å²) < 4.78 is 11.2. The molecule has 8 heteroatoms. The zero-order chi connectivity index (χ0) is 19.3. The van der Waals surface area contributed by atoms with E-state index in [4.69, 9.17) is 14.5 Å². The van der Waals surface area contributed by atoms with Crippen molar-refractivity contribution in [3.63, 3.8) is 0 Å². The number of rotatable bonds is 10. The summed E-state index contributed by atoms with van der Waals surface area (Å²) in [7, 11) is 2.20. The van der Waals surface area contributed by atoms with E-state index >= 15 is 0 Å². The normalized spacial score (nSPS) is 21.2. The molecule has 0 aromatic rings. The molecule has 0 aromatic heterocycles. The minimum Gasteiger partial charge on any atom is -0.381 e. The molecule has 2 saturated heterocycles. The molecule has 0 aliphatic carbocycles. The second-order valence-corrected chi connectivity index (χ2v) is 7.82. The molecule has 0 spiro atoms. The van der Waals surface area contributed by atoms with E-state index in [0.29, 0.717) is 12.0 Å². The van der Waals surface area contributed by atoms with Gasteiger partial charge in [-0.05, 0) is 46.1 Å². The monoisotopic (exact) mass is 511 g/mol. The van der Waals surface area contributed by atoms with E-state index in [1.165, 1.54) is 0 Å². The third-order valence-corrected chi connectivity index (χ3v) is 5.47. The summed E-state index contributed by atoms with van der Waals surface area (Å²) in [6, 6.07) is 0.483. The number of hydrogen-bond donors (Lipinski definition) is 2. The lowest BCUT2D eigenvalue weighted by molar-refractivity contribution is 0.0203. The fourth-order valence-corrected chi connectivity index (χ4v) is 3.49. The van der Waals surface area contributed by atoms with Crippen LogP contribution in [0.25, 0.3) is 0 Å². The van der Waals surface area contributed by atoms with E-state index in [9.17, 15) is 0 Å². The predicted molar refractivity (Wildman–Crippen MR) is 127 cm³/mol. The molecule has 1 unspecified atom stereocenters. The zero-order valence-electron chi connectivity index (χ0n) is 18.1. The second kappa shape index (κ2) is 15.6. The highest BCUT2D eigenvalue weighted by Gasteiger charge is 2.18. The van der Waals surface area contributed by atoms with Gasteiger partial charge in [0.2, 0.25) is 0 Å². The molecule has 2 rings (SSSR count). The standard InChI is InChI=1S/C20H41N5O2.HI/c1-4-21-20(23-16-18(2)25-11-9-24(3)10-12-25)22-8-5-13-27-17-19-6-14-26-15-7-19;/h18-19H,4-17H2,1-3H3,(H2,21,22,23);1H. The van der Waals surface area contributed by atoms with Crippen LogP contribution in [0.5, 0.6) is 0 Å². The van der Waals surface area contributed by atoms with E-state index in [-0.39, 0.29) is 24.0 Å². The Hall–Kier alpha value is -0.160. The van der Waals surface area contributed by atoms with Crippen molar-refractivity contribution in [3.05, 3.63) is 0 Å². The highest BCUT2D eigenvalue weighted by Crippen LogP contribution is 2.14. The lowest BCUT2D eigenvalue weighted by Gasteiger charge is -2.35. The molecule has 166 valence electrons. The van der Waals surface area contributed by atoms with Crippen LogP contribution in [0.4, 0.5) is 0 Å². The van der Waals surface area contributed by atoms with Gasteiger partial charge in [0.1, 0.15) is 0 Å². The number of halogens is 1. The molecule has 7 nitrogen and oxygen atoms in total. The van der Waals surface area contributed by atoms with Crippen molar-refractivity contribution < 1.29 is 9.47 Å². The average Bonchev–Trinajstić information content (AvgIpc) is 2.69. The summed E-state index contributed by atoms with van der Waals surface area (Å²) in [5, 5.41) is 6.78. The molecule has 2 heterocycles. The number of guanidine groups is 1. The number of nitrogens with one attached hydrogen (secondary N) is 2. The van der Waals surface area contributed by atoms with Crippen molar-refractivity contribution in [3.8, 4) is 0 Å². The van der Waals surface area contributed by atoms with Crippen LogP contribution < -0.4 is 10.6 Å². The second-order valence-electron chi connectivity index (χ2n) is 7.82. The summed E-state index contributed by atoms with van der Waals surface area (Å²) in [6.07, 6.45) is 3.28. The molecule has 2 N–H and O–H groups in total. The lowest BCUT2D eigenvalue weighted by atomic mass is 10.0. The zero-order valence-corrected chi connectivity index (χ0v) is 20.5. The van der Waals surface area contributed by atoms with E-state index in [0.717, 1.165) is 97.5 Å². The Labute approximate surface area is 189 Å². The summed E-state index contributed by atoms with van der Waals surface area (Å²) in [6.45, 7) is 15.1. The van der Waals surface area contributed by atoms with Crippen molar-refractivity contribution in [1.29, 1.82) is 0 Å². The first-order valence-electron chi connectivity index (χ1n) is 10.8. The van der Waals surface area contributed by atoms with Gasteiger partial charge in [0.15, 0.2) is 5.96 Å². The van der Waals surface area contributed by atoms with E-state index in [1.54, 1.807) is 0 Å². The molecule has 28 heavy (non-hydrogen) atoms. The molecular weight excluding hydrogens is 469 g/mol. The van der Waals surface area contributed by atoms with Gasteiger partial charge in [-0.25, -0.2) is 0 Å². The van der Waals surface area contributed by atoms with Crippen LogP contribution in [-0.4, -0.2) is 101 Å². The summed E-state index contributed by atoms with van der Waals surface area (Å²) in [5.74, 6) is 1.60. The SMILES string of the molecule is CCNC(=NCC(C)N1CCN(C)CC1)NCCCOCC1CCOCC1.I. The van der Waals surface area contributed by atoms with Crippen LogP contribution in [0, 0.1) is 5.92 Å². The minimum atomic E-state index is 0. The van der Waals surface area contributed by atoms with Gasteiger partial charge < -0.3 is 25.0 Å². The van der Waals surface area contributed by atoms with Crippen molar-refractivity contribution >= 4 is 29.9 Å². The third-order valence-electron chi connectivity index (χ3n) is 5.47. The largest absolute Gasteiger partial charge is 0.381 e. The first-order chi connectivity index (χ1) is 13.2. The van der Waals surface area contributed by atoms with Gasteiger partial charge in [0, 0.05) is 71.7 Å². The average molecular weight is 511 g/mol. The fourth-order valence-electron chi connectivity index (χ4n) is 3.49. The maximum absolute atomic E-state index is 5.83. The van der Waals surface area contributed by atoms with Crippen LogP contribution in [0.1, 0.15) is 33.1 Å². The van der Waals surface area contributed by atoms with Gasteiger partial charge in [-0.3, -0.25) is 9.89 Å². The maximum Gasteiger partial charge on any atom is 0.191 e. The van der Waals surface area contributed by atoms with Gasteiger partial charge in [-0.1, -0.05) is 0 Å². The Kier molecular flexibility index (Phi) is 14.5. The quantitative estimate of drug-likeness (QED) is 0.201. The topological polar surface area (TPSA) is 61.4 Å². The fraction of sp³-hybridized carbons (Fsp3) is 0.950. The van der Waals surface area contributed by atoms with E-state index in [2.05, 4.69) is 41.3 Å². The van der Waals surface area contributed by atoms with Gasteiger partial charge in [0.25, 0.3) is 0 Å². The third kappa shape index (κ3) is 10.6. The first-order valence-corrected chi connectivity index (χ1v) is 10.8. The Morgan fingerprint density at radius 2 is 1.89 bits per heavy atom. The number of aliphatic imine (C=N–C) groups is 1.